The van der Waals surface area contributed by atoms with Gasteiger partial charge >= 0.3 is 0 Å². The molecule has 0 N–H and O–H groups in total. The molecule has 3 fully saturated rings. The quantitative estimate of drug-likeness (QED) is 0.690. The van der Waals surface area contributed by atoms with Gasteiger partial charge in [-0.05, 0) is 63.0 Å². The Morgan fingerprint density at radius 1 is 0.793 bits per heavy atom. The van der Waals surface area contributed by atoms with Crippen molar-refractivity contribution >= 4 is 5.91 Å². The predicted molar refractivity (Wildman–Crippen MR) is 120 cm³/mol. The summed E-state index contributed by atoms with van der Waals surface area (Å²) in [7, 11) is 0. The van der Waals surface area contributed by atoms with Crippen molar-refractivity contribution in [2.75, 3.05) is 26.2 Å². The van der Waals surface area contributed by atoms with Gasteiger partial charge in [0.1, 0.15) is 0 Å². The molecule has 2 heterocycles. The van der Waals surface area contributed by atoms with E-state index in [0.717, 1.165) is 38.0 Å². The van der Waals surface area contributed by atoms with Crippen LogP contribution in [0.4, 0.5) is 0 Å². The number of hydrogen-bond acceptors (Lipinski definition) is 2. The van der Waals surface area contributed by atoms with E-state index in [0.29, 0.717) is 5.91 Å². The second-order valence-electron chi connectivity index (χ2n) is 9.79. The van der Waals surface area contributed by atoms with Gasteiger partial charge in [0.15, 0.2) is 0 Å². The Hall–Kier alpha value is -1.35. The maximum absolute atomic E-state index is 13.3. The van der Waals surface area contributed by atoms with Gasteiger partial charge < -0.3 is 4.90 Å². The molecular weight excluding hydrogens is 356 g/mol. The molecule has 1 aliphatic carbocycles. The lowest BCUT2D eigenvalue weighted by atomic mass is 9.88. The third-order valence-corrected chi connectivity index (χ3v) is 7.69. The topological polar surface area (TPSA) is 23.6 Å². The number of carbonyl (C=O) groups is 1. The summed E-state index contributed by atoms with van der Waals surface area (Å²) in [6.45, 7) is 4.17. The highest BCUT2D eigenvalue weighted by Gasteiger charge is 2.33. The highest BCUT2D eigenvalue weighted by molar-refractivity contribution is 5.79. The van der Waals surface area contributed by atoms with Gasteiger partial charge in [-0.3, -0.25) is 9.69 Å². The SMILES string of the molecule is O=C([C@@H]1CCCN(C2CCCCCCC2)C1)N1CCC(Cc2ccccc2)CC1. The van der Waals surface area contributed by atoms with Crippen LogP contribution in [0.5, 0.6) is 0 Å². The van der Waals surface area contributed by atoms with E-state index in [-0.39, 0.29) is 5.92 Å². The third-order valence-electron chi connectivity index (χ3n) is 7.69. The Balaban J connectivity index is 1.26. The summed E-state index contributed by atoms with van der Waals surface area (Å²) in [5, 5.41) is 0. The van der Waals surface area contributed by atoms with E-state index < -0.39 is 0 Å². The Morgan fingerprint density at radius 3 is 2.21 bits per heavy atom. The fourth-order valence-corrected chi connectivity index (χ4v) is 5.90. The Bertz CT molecular complexity index is 615. The smallest absolute Gasteiger partial charge is 0.226 e. The van der Waals surface area contributed by atoms with Crippen molar-refractivity contribution in [2.45, 2.75) is 83.1 Å². The summed E-state index contributed by atoms with van der Waals surface area (Å²) in [4.78, 5) is 18.2. The molecule has 2 saturated heterocycles. The fraction of sp³-hybridized carbons (Fsp3) is 0.731. The molecule has 160 valence electrons. The molecule has 1 amide bonds. The first-order valence-corrected chi connectivity index (χ1v) is 12.4. The number of likely N-dealkylation sites (tertiary alicyclic amines) is 2. The molecule has 4 rings (SSSR count). The minimum Gasteiger partial charge on any atom is -0.342 e. The van der Waals surface area contributed by atoms with E-state index in [1.165, 1.54) is 82.7 Å². The van der Waals surface area contributed by atoms with Crippen LogP contribution in [-0.2, 0) is 11.2 Å². The van der Waals surface area contributed by atoms with Crippen LogP contribution in [0.15, 0.2) is 30.3 Å². The fourth-order valence-electron chi connectivity index (χ4n) is 5.90. The van der Waals surface area contributed by atoms with Crippen LogP contribution in [-0.4, -0.2) is 47.9 Å². The number of nitrogens with zero attached hydrogens (tertiary/aromatic N) is 2. The Kier molecular flexibility index (Phi) is 7.65. The van der Waals surface area contributed by atoms with E-state index in [4.69, 9.17) is 0 Å². The van der Waals surface area contributed by atoms with Gasteiger partial charge in [-0.1, -0.05) is 62.4 Å². The molecule has 0 aromatic heterocycles. The van der Waals surface area contributed by atoms with Gasteiger partial charge in [0.05, 0.1) is 5.92 Å². The summed E-state index contributed by atoms with van der Waals surface area (Å²) in [5.74, 6) is 1.44. The average molecular weight is 397 g/mol. The maximum Gasteiger partial charge on any atom is 0.226 e. The summed E-state index contributed by atoms with van der Waals surface area (Å²) < 4.78 is 0. The second-order valence-corrected chi connectivity index (χ2v) is 9.79. The summed E-state index contributed by atoms with van der Waals surface area (Å²) in [6.07, 6.45) is 15.5. The van der Waals surface area contributed by atoms with Crippen molar-refractivity contribution in [3.8, 4) is 0 Å². The molecule has 3 nitrogen and oxygen atoms in total. The normalized spacial score (nSPS) is 26.1. The van der Waals surface area contributed by atoms with Crippen molar-refractivity contribution in [3.05, 3.63) is 35.9 Å². The van der Waals surface area contributed by atoms with Crippen molar-refractivity contribution in [2.24, 2.45) is 11.8 Å². The number of piperidine rings is 2. The zero-order valence-electron chi connectivity index (χ0n) is 18.2. The molecule has 0 unspecified atom stereocenters. The Morgan fingerprint density at radius 2 is 1.48 bits per heavy atom. The minimum atomic E-state index is 0.250. The van der Waals surface area contributed by atoms with Gasteiger partial charge in [0.25, 0.3) is 0 Å². The molecule has 3 aliphatic rings. The summed E-state index contributed by atoms with van der Waals surface area (Å²) in [5.41, 5.74) is 1.44. The molecule has 1 atom stereocenters. The molecular formula is C26H40N2O. The zero-order chi connectivity index (χ0) is 19.9. The lowest BCUT2D eigenvalue weighted by Gasteiger charge is -2.41. The molecule has 1 aromatic carbocycles. The van der Waals surface area contributed by atoms with E-state index in [1.807, 2.05) is 0 Å². The highest BCUT2D eigenvalue weighted by atomic mass is 16.2. The number of benzene rings is 1. The second kappa shape index (κ2) is 10.6. The molecule has 29 heavy (non-hydrogen) atoms. The first-order valence-electron chi connectivity index (χ1n) is 12.4. The largest absolute Gasteiger partial charge is 0.342 e. The number of carbonyl (C=O) groups excluding carboxylic acids is 1. The van der Waals surface area contributed by atoms with Crippen molar-refractivity contribution in [1.29, 1.82) is 0 Å². The van der Waals surface area contributed by atoms with E-state index in [1.54, 1.807) is 0 Å². The maximum atomic E-state index is 13.3. The zero-order valence-corrected chi connectivity index (χ0v) is 18.2. The number of amides is 1. The third kappa shape index (κ3) is 5.84. The van der Waals surface area contributed by atoms with Gasteiger partial charge in [-0.2, -0.15) is 0 Å². The van der Waals surface area contributed by atoms with Crippen LogP contribution in [0.3, 0.4) is 0 Å². The van der Waals surface area contributed by atoms with E-state index in [9.17, 15) is 4.79 Å². The highest BCUT2D eigenvalue weighted by Crippen LogP contribution is 2.29. The van der Waals surface area contributed by atoms with Gasteiger partial charge in [-0.25, -0.2) is 0 Å². The van der Waals surface area contributed by atoms with Crippen molar-refractivity contribution in [3.63, 3.8) is 0 Å². The first kappa shape index (κ1) is 20.9. The first-order chi connectivity index (χ1) is 14.3. The minimum absolute atomic E-state index is 0.250. The Labute approximate surface area is 177 Å². The number of rotatable bonds is 4. The molecule has 1 saturated carbocycles. The monoisotopic (exact) mass is 396 g/mol. The molecule has 2 aliphatic heterocycles. The van der Waals surface area contributed by atoms with E-state index in [2.05, 4.69) is 40.1 Å². The van der Waals surface area contributed by atoms with Crippen LogP contribution in [0, 0.1) is 11.8 Å². The van der Waals surface area contributed by atoms with E-state index >= 15 is 0 Å². The van der Waals surface area contributed by atoms with Crippen LogP contribution in [0.25, 0.3) is 0 Å². The lowest BCUT2D eigenvalue weighted by molar-refractivity contribution is -0.139. The van der Waals surface area contributed by atoms with Gasteiger partial charge in [-0.15, -0.1) is 0 Å². The number of hydrogen-bond donors (Lipinski definition) is 0. The van der Waals surface area contributed by atoms with Gasteiger partial charge in [0.2, 0.25) is 5.91 Å². The van der Waals surface area contributed by atoms with Crippen LogP contribution < -0.4 is 0 Å². The van der Waals surface area contributed by atoms with Crippen molar-refractivity contribution < 1.29 is 4.79 Å². The predicted octanol–water partition coefficient (Wildman–Crippen LogP) is 5.29. The van der Waals surface area contributed by atoms with Crippen LogP contribution in [0.1, 0.15) is 76.2 Å². The lowest BCUT2D eigenvalue weighted by Crippen LogP contribution is -2.49. The van der Waals surface area contributed by atoms with Crippen molar-refractivity contribution in [1.82, 2.24) is 9.80 Å². The standard InChI is InChI=1S/C26H40N2O/c29-26(27-18-15-23(16-19-27)20-22-10-5-4-6-11-22)24-12-9-17-28(21-24)25-13-7-2-1-3-8-14-25/h4-6,10-11,23-25H,1-3,7-9,12-21H2/t24-/m1/s1. The van der Waals surface area contributed by atoms with Crippen LogP contribution in [0.2, 0.25) is 0 Å². The summed E-state index contributed by atoms with van der Waals surface area (Å²) in [6, 6.07) is 11.6. The summed E-state index contributed by atoms with van der Waals surface area (Å²) >= 11 is 0. The molecule has 1 aromatic rings. The average Bonchev–Trinajstić information content (AvgIpc) is 2.74. The molecule has 0 bridgehead atoms. The van der Waals surface area contributed by atoms with Gasteiger partial charge in [0, 0.05) is 25.7 Å². The molecule has 3 heteroatoms. The van der Waals surface area contributed by atoms with Crippen LogP contribution >= 0.6 is 0 Å². The molecule has 0 spiro atoms. The molecule has 0 radical (unpaired) electrons.